The summed E-state index contributed by atoms with van der Waals surface area (Å²) in [5, 5.41) is 3.10. The number of hydrogen-bond donors (Lipinski definition) is 1. The van der Waals surface area contributed by atoms with Crippen molar-refractivity contribution in [3.8, 4) is 17.7 Å². The van der Waals surface area contributed by atoms with Gasteiger partial charge in [0.05, 0.1) is 12.3 Å². The number of anilines is 1. The van der Waals surface area contributed by atoms with Gasteiger partial charge >= 0.3 is 0 Å². The average Bonchev–Trinajstić information content (AvgIpc) is 2.69. The number of fused-ring (bicyclic) bond motifs is 1. The molecule has 0 amide bonds. The lowest BCUT2D eigenvalue weighted by Crippen LogP contribution is -2.12. The highest BCUT2D eigenvalue weighted by molar-refractivity contribution is 5.71. The zero-order chi connectivity index (χ0) is 19.1. The Morgan fingerprint density at radius 1 is 1.07 bits per heavy atom. The highest BCUT2D eigenvalue weighted by Crippen LogP contribution is 2.19. The predicted molar refractivity (Wildman–Crippen MR) is 108 cm³/mol. The molecule has 27 heavy (non-hydrogen) atoms. The topological polar surface area (TPSA) is 63.2 Å². The summed E-state index contributed by atoms with van der Waals surface area (Å²) in [6.07, 6.45) is 2.57. The van der Waals surface area contributed by atoms with E-state index >= 15 is 0 Å². The smallest absolute Gasteiger partial charge is 0.249 e. The highest BCUT2D eigenvalue weighted by Gasteiger charge is 2.09. The summed E-state index contributed by atoms with van der Waals surface area (Å²) in [5.74, 6) is 6.78. The van der Waals surface area contributed by atoms with Gasteiger partial charge in [0, 0.05) is 25.9 Å². The molecule has 0 spiro atoms. The van der Waals surface area contributed by atoms with Gasteiger partial charge in [0.1, 0.15) is 5.52 Å². The third-order valence-corrected chi connectivity index (χ3v) is 3.92. The molecule has 1 N–H and O–H groups in total. The van der Waals surface area contributed by atoms with Crippen LogP contribution >= 0.6 is 0 Å². The fraction of sp³-hybridized carbons (Fsp3) is 0.286. The summed E-state index contributed by atoms with van der Waals surface area (Å²) in [6, 6.07) is 11.7. The van der Waals surface area contributed by atoms with E-state index in [-0.39, 0.29) is 0 Å². The first-order chi connectivity index (χ1) is 13.2. The Morgan fingerprint density at radius 2 is 1.93 bits per heavy atom. The van der Waals surface area contributed by atoms with Crippen molar-refractivity contribution in [1.82, 2.24) is 20.3 Å². The molecule has 3 rings (SSSR count). The van der Waals surface area contributed by atoms with Gasteiger partial charge in [0.25, 0.3) is 0 Å². The lowest BCUT2D eigenvalue weighted by Gasteiger charge is -2.14. The molecular weight excluding hydrogens is 338 g/mol. The molecule has 1 aromatic carbocycles. The third kappa shape index (κ3) is 4.72. The van der Waals surface area contributed by atoms with Crippen LogP contribution in [0.1, 0.15) is 17.7 Å². The number of rotatable bonds is 6. The van der Waals surface area contributed by atoms with Gasteiger partial charge in [-0.2, -0.15) is 0 Å². The van der Waals surface area contributed by atoms with E-state index in [1.807, 2.05) is 62.4 Å². The second kappa shape index (κ2) is 8.97. The Morgan fingerprint density at radius 3 is 2.74 bits per heavy atom. The number of aromatic nitrogens is 3. The molecule has 0 atom stereocenters. The number of pyridine rings is 1. The van der Waals surface area contributed by atoms with Gasteiger partial charge < -0.3 is 15.0 Å². The first-order valence-electron chi connectivity index (χ1n) is 8.87. The molecular formula is C21H23N5O. The summed E-state index contributed by atoms with van der Waals surface area (Å²) in [5.41, 5.74) is 3.73. The van der Waals surface area contributed by atoms with E-state index in [1.165, 1.54) is 0 Å². The maximum Gasteiger partial charge on any atom is 0.249 e. The Kier molecular flexibility index (Phi) is 6.18. The summed E-state index contributed by atoms with van der Waals surface area (Å²) in [7, 11) is 5.91. The summed E-state index contributed by atoms with van der Waals surface area (Å²) in [6.45, 7) is 1.42. The molecule has 2 aromatic heterocycles. The van der Waals surface area contributed by atoms with Crippen LogP contribution in [0.2, 0.25) is 0 Å². The molecule has 6 heteroatoms. The quantitative estimate of drug-likeness (QED) is 0.538. The van der Waals surface area contributed by atoms with E-state index in [2.05, 4.69) is 32.1 Å². The van der Waals surface area contributed by atoms with Gasteiger partial charge in [-0.1, -0.05) is 18.1 Å². The number of nitrogens with zero attached hydrogens (tertiary/aromatic N) is 4. The van der Waals surface area contributed by atoms with Crippen molar-refractivity contribution in [2.24, 2.45) is 0 Å². The minimum absolute atomic E-state index is 0.446. The summed E-state index contributed by atoms with van der Waals surface area (Å²) >= 11 is 0. The van der Waals surface area contributed by atoms with E-state index in [1.54, 1.807) is 6.20 Å². The molecule has 0 unspecified atom stereocenters. The van der Waals surface area contributed by atoms with Crippen LogP contribution < -0.4 is 15.0 Å². The minimum Gasteiger partial charge on any atom is -0.476 e. The van der Waals surface area contributed by atoms with Crippen molar-refractivity contribution in [3.05, 3.63) is 53.9 Å². The first kappa shape index (κ1) is 18.6. The Bertz CT molecular complexity index is 975. The lowest BCUT2D eigenvalue weighted by molar-refractivity contribution is 0.297. The molecule has 0 aliphatic carbocycles. The van der Waals surface area contributed by atoms with Gasteiger partial charge in [0.2, 0.25) is 5.88 Å². The van der Waals surface area contributed by atoms with Crippen LogP contribution in [0.25, 0.3) is 11.2 Å². The van der Waals surface area contributed by atoms with Crippen LogP contribution in [-0.2, 0) is 0 Å². The molecule has 2 heterocycles. The molecule has 0 aliphatic rings. The molecule has 0 saturated heterocycles. The molecule has 0 radical (unpaired) electrons. The number of ether oxygens (including phenoxy) is 1. The SMILES string of the molecule is CNCCCOc1nc2cccnc2nc1C#Cc1ccccc1N(C)C. The van der Waals surface area contributed by atoms with Crippen molar-refractivity contribution >= 4 is 16.9 Å². The summed E-state index contributed by atoms with van der Waals surface area (Å²) < 4.78 is 5.86. The zero-order valence-electron chi connectivity index (χ0n) is 15.9. The van der Waals surface area contributed by atoms with Crippen molar-refractivity contribution in [2.75, 3.05) is 39.2 Å². The number of nitrogens with one attached hydrogen (secondary N) is 1. The normalized spacial score (nSPS) is 10.3. The minimum atomic E-state index is 0.446. The van der Waals surface area contributed by atoms with Crippen LogP contribution in [0.3, 0.4) is 0 Å². The molecule has 0 saturated carbocycles. The zero-order valence-corrected chi connectivity index (χ0v) is 15.9. The molecule has 6 nitrogen and oxygen atoms in total. The summed E-state index contributed by atoms with van der Waals surface area (Å²) in [4.78, 5) is 15.4. The first-order valence-corrected chi connectivity index (χ1v) is 8.87. The van der Waals surface area contributed by atoms with E-state index < -0.39 is 0 Å². The molecule has 0 aliphatic heterocycles. The number of para-hydroxylation sites is 1. The molecule has 138 valence electrons. The van der Waals surface area contributed by atoms with Gasteiger partial charge in [-0.15, -0.1) is 0 Å². The Balaban J connectivity index is 1.97. The standard InChI is InChI=1S/C21H23N5O/c1-22-13-7-15-27-21-18(24-20-17(25-21)9-6-14-23-20)12-11-16-8-4-5-10-19(16)26(2)3/h4-6,8-10,14,22H,7,13,15H2,1-3H3. The number of hydrogen-bond acceptors (Lipinski definition) is 6. The largest absolute Gasteiger partial charge is 0.476 e. The van der Waals surface area contributed by atoms with Crippen LogP contribution in [-0.4, -0.2) is 49.2 Å². The third-order valence-electron chi connectivity index (χ3n) is 3.92. The molecule has 3 aromatic rings. The average molecular weight is 361 g/mol. The fourth-order valence-corrected chi connectivity index (χ4v) is 2.57. The van der Waals surface area contributed by atoms with Crippen molar-refractivity contribution in [1.29, 1.82) is 0 Å². The van der Waals surface area contributed by atoms with E-state index in [9.17, 15) is 0 Å². The van der Waals surface area contributed by atoms with Crippen LogP contribution in [0.4, 0.5) is 5.69 Å². The van der Waals surface area contributed by atoms with Gasteiger partial charge in [-0.25, -0.2) is 15.0 Å². The molecule has 0 fully saturated rings. The van der Waals surface area contributed by atoms with Gasteiger partial charge in [-0.05, 0) is 50.2 Å². The van der Waals surface area contributed by atoms with Crippen LogP contribution in [0, 0.1) is 11.8 Å². The predicted octanol–water partition coefficient (Wildman–Crippen LogP) is 2.48. The maximum atomic E-state index is 5.86. The van der Waals surface area contributed by atoms with Crippen molar-refractivity contribution in [3.63, 3.8) is 0 Å². The Labute approximate surface area is 159 Å². The van der Waals surface area contributed by atoms with E-state index in [0.29, 0.717) is 29.3 Å². The van der Waals surface area contributed by atoms with E-state index in [0.717, 1.165) is 24.2 Å². The van der Waals surface area contributed by atoms with Crippen molar-refractivity contribution < 1.29 is 4.74 Å². The van der Waals surface area contributed by atoms with Gasteiger partial charge in [0.15, 0.2) is 11.3 Å². The Hall–Kier alpha value is -3.17. The maximum absolute atomic E-state index is 5.86. The highest BCUT2D eigenvalue weighted by atomic mass is 16.5. The van der Waals surface area contributed by atoms with Crippen LogP contribution in [0.5, 0.6) is 5.88 Å². The second-order valence-corrected chi connectivity index (χ2v) is 6.19. The number of benzene rings is 1. The van der Waals surface area contributed by atoms with E-state index in [4.69, 9.17) is 4.74 Å². The second-order valence-electron chi connectivity index (χ2n) is 6.19. The molecule has 0 bridgehead atoms. The monoisotopic (exact) mass is 361 g/mol. The fourth-order valence-electron chi connectivity index (χ4n) is 2.57. The van der Waals surface area contributed by atoms with Gasteiger partial charge in [-0.3, -0.25) is 0 Å². The van der Waals surface area contributed by atoms with Crippen molar-refractivity contribution in [2.45, 2.75) is 6.42 Å². The lowest BCUT2D eigenvalue weighted by atomic mass is 10.1. The van der Waals surface area contributed by atoms with Crippen LogP contribution in [0.15, 0.2) is 42.6 Å².